The summed E-state index contributed by atoms with van der Waals surface area (Å²) >= 11 is 0. The highest BCUT2D eigenvalue weighted by Gasteiger charge is 1.88. The van der Waals surface area contributed by atoms with Crippen LogP contribution >= 0.6 is 0 Å². The minimum absolute atomic E-state index is 0.145. The number of ether oxygens (including phenoxy) is 1. The van der Waals surface area contributed by atoms with E-state index in [0.717, 1.165) is 0 Å². The first-order valence-electron chi connectivity index (χ1n) is 2.24. The molecule has 46 valence electrons. The molecular formula is C5H8O3. The van der Waals surface area contributed by atoms with Crippen molar-refractivity contribution < 1.29 is 14.6 Å². The summed E-state index contributed by atoms with van der Waals surface area (Å²) in [5.74, 6) is 0. The van der Waals surface area contributed by atoms with Gasteiger partial charge in [0.1, 0.15) is 6.61 Å². The molecule has 0 aliphatic heterocycles. The fraction of sp³-hybridized carbons (Fsp3) is 0.400. The van der Waals surface area contributed by atoms with Crippen molar-refractivity contribution in [3.05, 3.63) is 12.2 Å². The Bertz CT molecular complexity index is 95.8. The van der Waals surface area contributed by atoms with Crippen molar-refractivity contribution in [1.29, 1.82) is 0 Å². The number of hydrogen-bond donors (Lipinski definition) is 1. The predicted octanol–water partition coefficient (Wildman–Crippen LogP) is 1.26. The van der Waals surface area contributed by atoms with Crippen LogP contribution in [0.3, 0.4) is 0 Å². The molecule has 0 heterocycles. The van der Waals surface area contributed by atoms with Crippen LogP contribution in [0.25, 0.3) is 0 Å². The number of hydrogen-bond acceptors (Lipinski definition) is 2. The largest absolute Gasteiger partial charge is 0.506 e. The third kappa shape index (κ3) is 5.01. The van der Waals surface area contributed by atoms with Gasteiger partial charge in [0.25, 0.3) is 0 Å². The second kappa shape index (κ2) is 4.18. The summed E-state index contributed by atoms with van der Waals surface area (Å²) in [5.41, 5.74) is 0. The standard InChI is InChI=1S/C5H8O3/c1-2-3-4-8-5(6)7/h2-3H,4H2,1H3,(H,6,7)/b3-2-. The number of carboxylic acid groups (broad SMARTS) is 1. The maximum absolute atomic E-state index is 9.62. The van der Waals surface area contributed by atoms with Crippen LogP contribution in [0.4, 0.5) is 4.79 Å². The fourth-order valence-electron chi connectivity index (χ4n) is 0.216. The van der Waals surface area contributed by atoms with Crippen LogP contribution in [0.5, 0.6) is 0 Å². The normalized spacial score (nSPS) is 9.62. The van der Waals surface area contributed by atoms with Crippen LogP contribution in [0.1, 0.15) is 6.92 Å². The Morgan fingerprint density at radius 3 is 2.88 bits per heavy atom. The van der Waals surface area contributed by atoms with E-state index in [1.165, 1.54) is 0 Å². The van der Waals surface area contributed by atoms with Gasteiger partial charge in [-0.3, -0.25) is 0 Å². The summed E-state index contributed by atoms with van der Waals surface area (Å²) in [6.45, 7) is 1.94. The average Bonchev–Trinajstić information content (AvgIpc) is 1.66. The molecule has 0 aromatic rings. The zero-order chi connectivity index (χ0) is 6.41. The maximum atomic E-state index is 9.62. The molecule has 0 amide bonds. The Balaban J connectivity index is 3.05. The van der Waals surface area contributed by atoms with E-state index in [1.807, 2.05) is 0 Å². The van der Waals surface area contributed by atoms with Gasteiger partial charge < -0.3 is 9.84 Å². The minimum atomic E-state index is -1.23. The van der Waals surface area contributed by atoms with Crippen molar-refractivity contribution in [2.75, 3.05) is 6.61 Å². The zero-order valence-corrected chi connectivity index (χ0v) is 4.63. The monoisotopic (exact) mass is 116 g/mol. The maximum Gasteiger partial charge on any atom is 0.506 e. The summed E-state index contributed by atoms with van der Waals surface area (Å²) in [5, 5.41) is 7.88. The lowest BCUT2D eigenvalue weighted by Gasteiger charge is -1.89. The average molecular weight is 116 g/mol. The SMILES string of the molecule is C/C=C\COC(=O)O. The molecule has 0 aliphatic rings. The van der Waals surface area contributed by atoms with Gasteiger partial charge in [-0.25, -0.2) is 4.79 Å². The highest BCUT2D eigenvalue weighted by molar-refractivity contribution is 5.56. The number of rotatable bonds is 2. The fourth-order valence-corrected chi connectivity index (χ4v) is 0.216. The van der Waals surface area contributed by atoms with E-state index in [1.54, 1.807) is 19.1 Å². The molecule has 0 bridgehead atoms. The number of carbonyl (C=O) groups is 1. The molecule has 1 N–H and O–H groups in total. The molecule has 0 atom stereocenters. The predicted molar refractivity (Wildman–Crippen MR) is 28.8 cm³/mol. The summed E-state index contributed by atoms with van der Waals surface area (Å²) in [4.78, 5) is 9.62. The Kier molecular flexibility index (Phi) is 3.66. The zero-order valence-electron chi connectivity index (χ0n) is 4.63. The van der Waals surface area contributed by atoms with Gasteiger partial charge in [0.15, 0.2) is 0 Å². The van der Waals surface area contributed by atoms with Crippen molar-refractivity contribution in [3.8, 4) is 0 Å². The Labute approximate surface area is 47.6 Å². The van der Waals surface area contributed by atoms with Gasteiger partial charge in [0, 0.05) is 0 Å². The summed E-state index contributed by atoms with van der Waals surface area (Å²) in [6.07, 6.45) is 2.11. The molecule has 3 nitrogen and oxygen atoms in total. The van der Waals surface area contributed by atoms with Crippen LogP contribution in [-0.4, -0.2) is 17.9 Å². The van der Waals surface area contributed by atoms with E-state index in [2.05, 4.69) is 4.74 Å². The third-order valence-electron chi connectivity index (χ3n) is 0.539. The van der Waals surface area contributed by atoms with E-state index in [9.17, 15) is 4.79 Å². The van der Waals surface area contributed by atoms with Gasteiger partial charge in [0.2, 0.25) is 0 Å². The van der Waals surface area contributed by atoms with Gasteiger partial charge in [-0.15, -0.1) is 0 Å². The first kappa shape index (κ1) is 7.01. The second-order valence-electron chi connectivity index (χ2n) is 1.15. The van der Waals surface area contributed by atoms with Crippen molar-refractivity contribution in [3.63, 3.8) is 0 Å². The minimum Gasteiger partial charge on any atom is -0.450 e. The van der Waals surface area contributed by atoms with Gasteiger partial charge >= 0.3 is 6.16 Å². The molecular weight excluding hydrogens is 108 g/mol. The number of allylic oxidation sites excluding steroid dienone is 1. The quantitative estimate of drug-likeness (QED) is 0.436. The topological polar surface area (TPSA) is 46.5 Å². The van der Waals surface area contributed by atoms with Gasteiger partial charge in [-0.1, -0.05) is 12.2 Å². The molecule has 8 heavy (non-hydrogen) atoms. The summed E-state index contributed by atoms with van der Waals surface area (Å²) in [6, 6.07) is 0. The molecule has 0 unspecified atom stereocenters. The van der Waals surface area contributed by atoms with E-state index in [-0.39, 0.29) is 6.61 Å². The second-order valence-corrected chi connectivity index (χ2v) is 1.15. The molecule has 0 fully saturated rings. The molecule has 0 spiro atoms. The Morgan fingerprint density at radius 1 is 1.88 bits per heavy atom. The summed E-state index contributed by atoms with van der Waals surface area (Å²) < 4.78 is 4.11. The van der Waals surface area contributed by atoms with E-state index in [0.29, 0.717) is 0 Å². The third-order valence-corrected chi connectivity index (χ3v) is 0.539. The highest BCUT2D eigenvalue weighted by atomic mass is 16.7. The molecule has 0 aromatic heterocycles. The van der Waals surface area contributed by atoms with Crippen LogP contribution in [0.2, 0.25) is 0 Å². The Morgan fingerprint density at radius 2 is 2.50 bits per heavy atom. The molecule has 3 heteroatoms. The highest BCUT2D eigenvalue weighted by Crippen LogP contribution is 1.76. The first-order chi connectivity index (χ1) is 3.77. The first-order valence-corrected chi connectivity index (χ1v) is 2.24. The van der Waals surface area contributed by atoms with Gasteiger partial charge in [-0.2, -0.15) is 0 Å². The van der Waals surface area contributed by atoms with E-state index < -0.39 is 6.16 Å². The molecule has 0 aliphatic carbocycles. The molecule has 0 saturated heterocycles. The van der Waals surface area contributed by atoms with Gasteiger partial charge in [0.05, 0.1) is 0 Å². The molecule has 0 aromatic carbocycles. The molecule has 0 rings (SSSR count). The molecule has 0 saturated carbocycles. The molecule has 0 radical (unpaired) electrons. The smallest absolute Gasteiger partial charge is 0.450 e. The van der Waals surface area contributed by atoms with E-state index >= 15 is 0 Å². The van der Waals surface area contributed by atoms with Crippen LogP contribution in [0.15, 0.2) is 12.2 Å². The van der Waals surface area contributed by atoms with Crippen molar-refractivity contribution in [1.82, 2.24) is 0 Å². The van der Waals surface area contributed by atoms with Crippen molar-refractivity contribution in [2.24, 2.45) is 0 Å². The van der Waals surface area contributed by atoms with Crippen molar-refractivity contribution in [2.45, 2.75) is 6.92 Å². The lowest BCUT2D eigenvalue weighted by Crippen LogP contribution is -1.98. The Hall–Kier alpha value is -0.990. The van der Waals surface area contributed by atoms with Crippen LogP contribution in [0, 0.1) is 0 Å². The lowest BCUT2D eigenvalue weighted by atomic mass is 10.6. The van der Waals surface area contributed by atoms with Gasteiger partial charge in [-0.05, 0) is 6.92 Å². The summed E-state index contributed by atoms with van der Waals surface area (Å²) in [7, 11) is 0. The van der Waals surface area contributed by atoms with E-state index in [4.69, 9.17) is 5.11 Å². The van der Waals surface area contributed by atoms with Crippen LogP contribution < -0.4 is 0 Å². The van der Waals surface area contributed by atoms with Crippen LogP contribution in [-0.2, 0) is 4.74 Å². The lowest BCUT2D eigenvalue weighted by molar-refractivity contribution is 0.102. The van der Waals surface area contributed by atoms with Crippen molar-refractivity contribution >= 4 is 6.16 Å².